The Hall–Kier alpha value is -0.730. The molecule has 0 saturated carbocycles. The summed E-state index contributed by atoms with van der Waals surface area (Å²) in [5.41, 5.74) is 0.328. The average Bonchev–Trinajstić information content (AvgIpc) is 1.75. The van der Waals surface area contributed by atoms with Gasteiger partial charge in [-0.25, -0.2) is 4.79 Å². The minimum atomic E-state index is 0.0838. The van der Waals surface area contributed by atoms with E-state index >= 15 is 0 Å². The van der Waals surface area contributed by atoms with Gasteiger partial charge in [-0.3, -0.25) is 0 Å². The highest BCUT2D eigenvalue weighted by atomic mass is 16.2. The third-order valence-electron chi connectivity index (χ3n) is 2.81. The number of hydrogen-bond donors (Lipinski definition) is 1. The first kappa shape index (κ1) is 11.3. The van der Waals surface area contributed by atoms with Crippen LogP contribution in [-0.2, 0) is 0 Å². The zero-order chi connectivity index (χ0) is 10.9. The van der Waals surface area contributed by atoms with Crippen molar-refractivity contribution in [2.45, 2.75) is 40.7 Å². The van der Waals surface area contributed by atoms with Gasteiger partial charge >= 0.3 is 6.03 Å². The molecule has 1 N–H and O–H groups in total. The smallest absolute Gasteiger partial charge is 0.317 e. The molecule has 0 atom stereocenters. The van der Waals surface area contributed by atoms with Crippen molar-refractivity contribution in [3.8, 4) is 0 Å². The Morgan fingerprint density at radius 1 is 1.36 bits per heavy atom. The van der Waals surface area contributed by atoms with Gasteiger partial charge in [0, 0.05) is 19.1 Å². The molecule has 14 heavy (non-hydrogen) atoms. The van der Waals surface area contributed by atoms with Crippen molar-refractivity contribution in [1.29, 1.82) is 0 Å². The quantitative estimate of drug-likeness (QED) is 0.687. The van der Waals surface area contributed by atoms with Crippen LogP contribution in [0.15, 0.2) is 0 Å². The van der Waals surface area contributed by atoms with Gasteiger partial charge in [0.2, 0.25) is 0 Å². The molecule has 82 valence electrons. The molecular formula is C11H22N2O. The van der Waals surface area contributed by atoms with Crippen molar-refractivity contribution in [3.05, 3.63) is 0 Å². The van der Waals surface area contributed by atoms with E-state index in [1.54, 1.807) is 0 Å². The van der Waals surface area contributed by atoms with Crippen LogP contribution in [0.1, 0.15) is 34.6 Å². The van der Waals surface area contributed by atoms with E-state index < -0.39 is 0 Å². The van der Waals surface area contributed by atoms with E-state index in [0.717, 1.165) is 13.1 Å². The maximum Gasteiger partial charge on any atom is 0.317 e. The first-order chi connectivity index (χ1) is 6.30. The van der Waals surface area contributed by atoms with Crippen LogP contribution < -0.4 is 5.32 Å². The molecule has 1 heterocycles. The molecule has 1 aliphatic rings. The molecule has 3 nitrogen and oxygen atoms in total. The molecule has 0 aromatic rings. The van der Waals surface area contributed by atoms with Crippen LogP contribution in [0, 0.1) is 11.3 Å². The van der Waals surface area contributed by atoms with Gasteiger partial charge in [0.05, 0.1) is 0 Å². The highest BCUT2D eigenvalue weighted by Gasteiger charge is 2.38. The molecule has 0 aromatic heterocycles. The Morgan fingerprint density at radius 2 is 1.86 bits per heavy atom. The topological polar surface area (TPSA) is 32.3 Å². The second kappa shape index (κ2) is 3.79. The standard InChI is InChI=1S/C11H22N2O/c1-8(2)12-10(14)13-6-9(7-13)11(3,4)5/h8-9H,6-7H2,1-5H3,(H,12,14). The number of hydrogen-bond acceptors (Lipinski definition) is 1. The number of urea groups is 1. The van der Waals surface area contributed by atoms with Gasteiger partial charge in [0.1, 0.15) is 0 Å². The Balaban J connectivity index is 2.31. The second-order valence-corrected chi connectivity index (χ2v) is 5.57. The van der Waals surface area contributed by atoms with Crippen molar-refractivity contribution < 1.29 is 4.79 Å². The van der Waals surface area contributed by atoms with Crippen molar-refractivity contribution in [3.63, 3.8) is 0 Å². The zero-order valence-electron chi connectivity index (χ0n) is 9.92. The van der Waals surface area contributed by atoms with Crippen LogP contribution in [0.4, 0.5) is 4.79 Å². The second-order valence-electron chi connectivity index (χ2n) is 5.57. The maximum atomic E-state index is 11.5. The summed E-state index contributed by atoms with van der Waals surface area (Å²) >= 11 is 0. The van der Waals surface area contributed by atoms with E-state index in [1.165, 1.54) is 0 Å². The fourth-order valence-corrected chi connectivity index (χ4v) is 1.53. The van der Waals surface area contributed by atoms with Gasteiger partial charge in [-0.2, -0.15) is 0 Å². The van der Waals surface area contributed by atoms with Crippen molar-refractivity contribution in [2.24, 2.45) is 11.3 Å². The van der Waals surface area contributed by atoms with Crippen LogP contribution in [-0.4, -0.2) is 30.1 Å². The minimum Gasteiger partial charge on any atom is -0.336 e. The van der Waals surface area contributed by atoms with E-state index in [2.05, 4.69) is 26.1 Å². The molecule has 1 fully saturated rings. The SMILES string of the molecule is CC(C)NC(=O)N1CC(C(C)(C)C)C1. The Labute approximate surface area is 86.9 Å². The molecule has 0 unspecified atom stereocenters. The summed E-state index contributed by atoms with van der Waals surface area (Å²) in [5, 5.41) is 2.90. The van der Waals surface area contributed by atoms with Crippen LogP contribution in [0.5, 0.6) is 0 Å². The van der Waals surface area contributed by atoms with Crippen molar-refractivity contribution >= 4 is 6.03 Å². The monoisotopic (exact) mass is 198 g/mol. The first-order valence-corrected chi connectivity index (χ1v) is 5.36. The third-order valence-corrected chi connectivity index (χ3v) is 2.81. The molecule has 2 amide bonds. The molecule has 1 saturated heterocycles. The maximum absolute atomic E-state index is 11.5. The average molecular weight is 198 g/mol. The highest BCUT2D eigenvalue weighted by Crippen LogP contribution is 2.33. The number of carbonyl (C=O) groups is 1. The first-order valence-electron chi connectivity index (χ1n) is 5.36. The molecule has 1 aliphatic heterocycles. The van der Waals surface area contributed by atoms with Crippen LogP contribution in [0.25, 0.3) is 0 Å². The number of amides is 2. The summed E-state index contributed by atoms with van der Waals surface area (Å²) in [6.45, 7) is 12.5. The fraction of sp³-hybridized carbons (Fsp3) is 0.909. The van der Waals surface area contributed by atoms with Gasteiger partial charge in [-0.1, -0.05) is 20.8 Å². The van der Waals surface area contributed by atoms with Gasteiger partial charge in [-0.15, -0.1) is 0 Å². The summed E-state index contributed by atoms with van der Waals surface area (Å²) < 4.78 is 0. The molecule has 0 spiro atoms. The highest BCUT2D eigenvalue weighted by molar-refractivity contribution is 5.75. The zero-order valence-corrected chi connectivity index (χ0v) is 9.92. The van der Waals surface area contributed by atoms with E-state index in [9.17, 15) is 4.79 Å². The molecule has 3 heteroatoms. The van der Waals surface area contributed by atoms with E-state index in [0.29, 0.717) is 11.3 Å². The number of likely N-dealkylation sites (tertiary alicyclic amines) is 1. The molecular weight excluding hydrogens is 176 g/mol. The van der Waals surface area contributed by atoms with Gasteiger partial charge in [0.15, 0.2) is 0 Å². The number of rotatable bonds is 1. The summed E-state index contributed by atoms with van der Waals surface area (Å²) in [6.07, 6.45) is 0. The largest absolute Gasteiger partial charge is 0.336 e. The van der Waals surface area contributed by atoms with Gasteiger partial charge in [-0.05, 0) is 25.2 Å². The lowest BCUT2D eigenvalue weighted by Gasteiger charge is -2.46. The van der Waals surface area contributed by atoms with Crippen molar-refractivity contribution in [2.75, 3.05) is 13.1 Å². The Morgan fingerprint density at radius 3 is 2.21 bits per heavy atom. The number of nitrogens with zero attached hydrogens (tertiary/aromatic N) is 1. The van der Waals surface area contributed by atoms with E-state index in [1.807, 2.05) is 18.7 Å². The van der Waals surface area contributed by atoms with Crippen molar-refractivity contribution in [1.82, 2.24) is 10.2 Å². The molecule has 0 bridgehead atoms. The molecule has 1 rings (SSSR count). The third kappa shape index (κ3) is 2.63. The number of carbonyl (C=O) groups excluding carboxylic acids is 1. The van der Waals surface area contributed by atoms with Gasteiger partial charge in [0.25, 0.3) is 0 Å². The lowest BCUT2D eigenvalue weighted by Crippen LogP contribution is -2.58. The van der Waals surface area contributed by atoms with Crippen LogP contribution in [0.2, 0.25) is 0 Å². The summed E-state index contributed by atoms with van der Waals surface area (Å²) in [7, 11) is 0. The lowest BCUT2D eigenvalue weighted by molar-refractivity contribution is 0.0510. The summed E-state index contributed by atoms with van der Waals surface area (Å²) in [4.78, 5) is 13.4. The molecule has 0 radical (unpaired) electrons. The van der Waals surface area contributed by atoms with Gasteiger partial charge < -0.3 is 10.2 Å². The summed E-state index contributed by atoms with van der Waals surface area (Å²) in [6, 6.07) is 0.316. The van der Waals surface area contributed by atoms with E-state index in [-0.39, 0.29) is 12.1 Å². The van der Waals surface area contributed by atoms with Crippen LogP contribution >= 0.6 is 0 Å². The van der Waals surface area contributed by atoms with Crippen LogP contribution in [0.3, 0.4) is 0 Å². The molecule has 0 aliphatic carbocycles. The minimum absolute atomic E-state index is 0.0838. The predicted octanol–water partition coefficient (Wildman–Crippen LogP) is 2.08. The normalized spacial score (nSPS) is 18.3. The van der Waals surface area contributed by atoms with E-state index in [4.69, 9.17) is 0 Å². The Bertz CT molecular complexity index is 212. The fourth-order valence-electron chi connectivity index (χ4n) is 1.53. The number of nitrogens with one attached hydrogen (secondary N) is 1. The lowest BCUT2D eigenvalue weighted by atomic mass is 9.76. The Kier molecular flexibility index (Phi) is 3.07. The molecule has 0 aromatic carbocycles. The predicted molar refractivity (Wildman–Crippen MR) is 58.2 cm³/mol. The summed E-state index contributed by atoms with van der Waals surface area (Å²) in [5.74, 6) is 0.653.